The predicted octanol–water partition coefficient (Wildman–Crippen LogP) is 1.38. The Morgan fingerprint density at radius 1 is 1.27 bits per heavy atom. The fourth-order valence-electron chi connectivity index (χ4n) is 2.52. The highest BCUT2D eigenvalue weighted by atomic mass is 32.2. The van der Waals surface area contributed by atoms with E-state index in [0.29, 0.717) is 45.1 Å². The van der Waals surface area contributed by atoms with E-state index in [0.717, 1.165) is 0 Å². The van der Waals surface area contributed by atoms with Crippen molar-refractivity contribution in [3.05, 3.63) is 0 Å². The molecule has 0 aromatic carbocycles. The van der Waals surface area contributed by atoms with E-state index in [9.17, 15) is 13.2 Å². The molecule has 1 fully saturated rings. The zero-order valence-corrected chi connectivity index (χ0v) is 17.7. The zero-order valence-electron chi connectivity index (χ0n) is 16.9. The summed E-state index contributed by atoms with van der Waals surface area (Å²) in [5.74, 6) is 0.845. The number of amides is 1. The summed E-state index contributed by atoms with van der Waals surface area (Å²) in [5.41, 5.74) is -0.512. The Bertz CT molecular complexity index is 609. The second kappa shape index (κ2) is 8.92. The number of aliphatic imine (C=N–C) groups is 1. The van der Waals surface area contributed by atoms with E-state index in [1.165, 1.54) is 0 Å². The van der Waals surface area contributed by atoms with Gasteiger partial charge in [-0.05, 0) is 48.0 Å². The minimum atomic E-state index is -3.08. The van der Waals surface area contributed by atoms with Gasteiger partial charge in [-0.25, -0.2) is 13.2 Å². The second-order valence-electron chi connectivity index (χ2n) is 8.02. The average Bonchev–Trinajstić information content (AvgIpc) is 2.47. The molecule has 2 N–H and O–H groups in total. The first-order valence-electron chi connectivity index (χ1n) is 9.10. The van der Waals surface area contributed by atoms with Crippen LogP contribution in [0.25, 0.3) is 0 Å². The summed E-state index contributed by atoms with van der Waals surface area (Å²) in [7, 11) is -3.08. The van der Waals surface area contributed by atoms with Crippen molar-refractivity contribution in [3.8, 4) is 0 Å². The van der Waals surface area contributed by atoms with E-state index in [2.05, 4.69) is 15.6 Å². The summed E-state index contributed by atoms with van der Waals surface area (Å²) >= 11 is 0. The summed E-state index contributed by atoms with van der Waals surface area (Å²) < 4.78 is 28.7. The third-order valence-electron chi connectivity index (χ3n) is 3.94. The topological polar surface area (TPSA) is 100 Å². The van der Waals surface area contributed by atoms with Gasteiger partial charge in [-0.3, -0.25) is 4.99 Å². The van der Waals surface area contributed by atoms with Crippen LogP contribution in [0.2, 0.25) is 0 Å². The van der Waals surface area contributed by atoms with Crippen LogP contribution in [0.15, 0.2) is 4.99 Å². The molecule has 1 aliphatic heterocycles. The number of alkyl carbamates (subject to hydrolysis) is 1. The molecule has 0 aliphatic carbocycles. The molecule has 1 amide bonds. The molecule has 0 aromatic rings. The Kier molecular flexibility index (Phi) is 7.73. The van der Waals surface area contributed by atoms with Gasteiger partial charge in [0.2, 0.25) is 0 Å². The van der Waals surface area contributed by atoms with Crippen molar-refractivity contribution in [3.63, 3.8) is 0 Å². The minimum Gasteiger partial charge on any atom is -0.444 e. The smallest absolute Gasteiger partial charge is 0.407 e. The van der Waals surface area contributed by atoms with Gasteiger partial charge in [0.05, 0.1) is 10.5 Å². The Hall–Kier alpha value is -1.51. The highest BCUT2D eigenvalue weighted by Gasteiger charge is 2.40. The lowest BCUT2D eigenvalue weighted by atomic mass is 10.2. The molecule has 9 heteroatoms. The Balaban J connectivity index is 2.53. The van der Waals surface area contributed by atoms with Gasteiger partial charge in [0, 0.05) is 32.7 Å². The van der Waals surface area contributed by atoms with Crippen molar-refractivity contribution in [2.24, 2.45) is 4.99 Å². The van der Waals surface area contributed by atoms with Gasteiger partial charge in [0.25, 0.3) is 0 Å². The zero-order chi connectivity index (χ0) is 20.0. The van der Waals surface area contributed by atoms with Gasteiger partial charge in [0.15, 0.2) is 15.8 Å². The first-order valence-corrected chi connectivity index (χ1v) is 10.8. The van der Waals surface area contributed by atoms with Crippen molar-refractivity contribution in [2.75, 3.05) is 38.5 Å². The minimum absolute atomic E-state index is 0.130. The quantitative estimate of drug-likeness (QED) is 0.418. The standard InChI is InChI=1S/C17H34N4O4S/c1-7-18-14(21-11-12-26(23,24)17(5,6)13-21)19-9-8-10-20-15(22)25-16(2,3)4/h7-13H2,1-6H3,(H,18,19)(H,20,22). The Morgan fingerprint density at radius 3 is 2.46 bits per heavy atom. The van der Waals surface area contributed by atoms with E-state index in [1.54, 1.807) is 13.8 Å². The number of carbonyl (C=O) groups is 1. The lowest BCUT2D eigenvalue weighted by molar-refractivity contribution is 0.0527. The molecule has 1 rings (SSSR count). The summed E-state index contributed by atoms with van der Waals surface area (Å²) in [6, 6.07) is 0. The lowest BCUT2D eigenvalue weighted by Crippen LogP contribution is -2.57. The number of sulfone groups is 1. The maximum Gasteiger partial charge on any atom is 0.407 e. The van der Waals surface area contributed by atoms with Gasteiger partial charge in [-0.2, -0.15) is 0 Å². The van der Waals surface area contributed by atoms with Crippen molar-refractivity contribution >= 4 is 21.9 Å². The van der Waals surface area contributed by atoms with Crippen LogP contribution in [0.3, 0.4) is 0 Å². The molecule has 152 valence electrons. The second-order valence-corrected chi connectivity index (χ2v) is 10.8. The molecule has 0 saturated carbocycles. The summed E-state index contributed by atoms with van der Waals surface area (Å²) in [5, 5.41) is 5.92. The molecule has 1 saturated heterocycles. The van der Waals surface area contributed by atoms with Crippen LogP contribution in [0.5, 0.6) is 0 Å². The number of guanidine groups is 1. The molecule has 1 heterocycles. The normalized spacial score (nSPS) is 19.8. The van der Waals surface area contributed by atoms with Crippen LogP contribution in [0.1, 0.15) is 48.0 Å². The predicted molar refractivity (Wildman–Crippen MR) is 104 cm³/mol. The number of carbonyl (C=O) groups excluding carboxylic acids is 1. The van der Waals surface area contributed by atoms with Crippen molar-refractivity contribution in [1.82, 2.24) is 15.5 Å². The van der Waals surface area contributed by atoms with Crippen molar-refractivity contribution in [2.45, 2.75) is 58.3 Å². The van der Waals surface area contributed by atoms with Gasteiger partial charge in [-0.1, -0.05) is 0 Å². The lowest BCUT2D eigenvalue weighted by Gasteiger charge is -2.39. The van der Waals surface area contributed by atoms with E-state index >= 15 is 0 Å². The molecule has 0 radical (unpaired) electrons. The number of nitrogens with one attached hydrogen (secondary N) is 2. The first-order chi connectivity index (χ1) is 11.9. The van der Waals surface area contributed by atoms with Crippen molar-refractivity contribution < 1.29 is 17.9 Å². The van der Waals surface area contributed by atoms with E-state index in [4.69, 9.17) is 4.74 Å². The fourth-order valence-corrected chi connectivity index (χ4v) is 3.88. The largest absolute Gasteiger partial charge is 0.444 e. The monoisotopic (exact) mass is 390 g/mol. The molecular weight excluding hydrogens is 356 g/mol. The average molecular weight is 391 g/mol. The maximum atomic E-state index is 12.2. The highest BCUT2D eigenvalue weighted by Crippen LogP contribution is 2.23. The summed E-state index contributed by atoms with van der Waals surface area (Å²) in [4.78, 5) is 18.1. The molecule has 0 bridgehead atoms. The van der Waals surface area contributed by atoms with E-state index in [1.807, 2.05) is 32.6 Å². The summed E-state index contributed by atoms with van der Waals surface area (Å²) in [6.45, 7) is 13.5. The molecule has 0 unspecified atom stereocenters. The number of hydrogen-bond donors (Lipinski definition) is 2. The molecule has 0 atom stereocenters. The fraction of sp³-hybridized carbons (Fsp3) is 0.882. The SMILES string of the molecule is CCNC(=NCCCNC(=O)OC(C)(C)C)N1CCS(=O)(=O)C(C)(C)C1. The molecule has 1 aliphatic rings. The third kappa shape index (κ3) is 7.01. The molecule has 8 nitrogen and oxygen atoms in total. The Morgan fingerprint density at radius 2 is 1.92 bits per heavy atom. The third-order valence-corrected chi connectivity index (χ3v) is 6.48. The van der Waals surface area contributed by atoms with Crippen molar-refractivity contribution in [1.29, 1.82) is 0 Å². The molecule has 0 aromatic heterocycles. The number of ether oxygens (including phenoxy) is 1. The van der Waals surface area contributed by atoms with Gasteiger partial charge in [-0.15, -0.1) is 0 Å². The number of hydrogen-bond acceptors (Lipinski definition) is 5. The Labute approximate surface area is 157 Å². The van der Waals surface area contributed by atoms with Crippen LogP contribution in [0.4, 0.5) is 4.79 Å². The van der Waals surface area contributed by atoms with Crippen LogP contribution >= 0.6 is 0 Å². The number of nitrogens with zero attached hydrogens (tertiary/aromatic N) is 2. The molecule has 26 heavy (non-hydrogen) atoms. The van der Waals surface area contributed by atoms with Gasteiger partial charge in [0.1, 0.15) is 5.60 Å². The molecular formula is C17H34N4O4S. The highest BCUT2D eigenvalue weighted by molar-refractivity contribution is 7.92. The van der Waals surface area contributed by atoms with Gasteiger partial charge < -0.3 is 20.3 Å². The van der Waals surface area contributed by atoms with Crippen LogP contribution < -0.4 is 10.6 Å². The van der Waals surface area contributed by atoms with Gasteiger partial charge >= 0.3 is 6.09 Å². The maximum absolute atomic E-state index is 12.2. The molecule has 0 spiro atoms. The number of rotatable bonds is 5. The first kappa shape index (κ1) is 22.5. The van der Waals surface area contributed by atoms with Crippen LogP contribution in [-0.4, -0.2) is 74.2 Å². The van der Waals surface area contributed by atoms with E-state index in [-0.39, 0.29) is 5.75 Å². The summed E-state index contributed by atoms with van der Waals surface area (Å²) in [6.07, 6.45) is 0.236. The van der Waals surface area contributed by atoms with Crippen LogP contribution in [-0.2, 0) is 14.6 Å². The van der Waals surface area contributed by atoms with Crippen LogP contribution in [0, 0.1) is 0 Å². The van der Waals surface area contributed by atoms with E-state index < -0.39 is 26.3 Å².